The third kappa shape index (κ3) is 2.39. The van der Waals surface area contributed by atoms with Crippen LogP contribution in [-0.4, -0.2) is 9.97 Å². The first kappa shape index (κ1) is 10.9. The number of alkyl halides is 3. The van der Waals surface area contributed by atoms with Crippen molar-refractivity contribution in [2.45, 2.75) is 10.7 Å². The Kier molecular flexibility index (Phi) is 2.95. The molecule has 0 aliphatic heterocycles. The summed E-state index contributed by atoms with van der Waals surface area (Å²) in [5.74, 6) is -2.85. The van der Waals surface area contributed by atoms with Crippen LogP contribution in [0.2, 0.25) is 0 Å². The molecule has 0 spiro atoms. The van der Waals surface area contributed by atoms with Crippen molar-refractivity contribution in [1.82, 2.24) is 9.97 Å². The van der Waals surface area contributed by atoms with Crippen molar-refractivity contribution in [3.05, 3.63) is 23.3 Å². The molecule has 1 aromatic heterocycles. The maximum absolute atomic E-state index is 12.7. The topological polar surface area (TPSA) is 25.8 Å². The Hall–Kier alpha value is -0.190. The Morgan fingerprint density at radius 1 is 1.15 bits per heavy atom. The Bertz CT molecular complexity index is 314. The predicted molar refractivity (Wildman–Crippen MR) is 45.9 cm³/mol. The highest BCUT2D eigenvalue weighted by Gasteiger charge is 2.28. The molecule has 0 aliphatic carbocycles. The molecule has 0 aliphatic rings. The molecule has 0 fully saturated rings. The Labute approximate surface area is 87.8 Å². The van der Waals surface area contributed by atoms with E-state index in [4.69, 9.17) is 34.8 Å². The van der Waals surface area contributed by atoms with E-state index >= 15 is 0 Å². The lowest BCUT2D eigenvalue weighted by Gasteiger charge is -2.09. The fourth-order valence-electron chi connectivity index (χ4n) is 0.651. The first-order chi connectivity index (χ1) is 5.82. The van der Waals surface area contributed by atoms with E-state index in [-0.39, 0.29) is 11.5 Å². The SMILES string of the molecule is Cc1nc(C(Cl)(Cl)Cl)nc(F)c1F. The van der Waals surface area contributed by atoms with E-state index in [1.807, 2.05) is 0 Å². The number of rotatable bonds is 0. The lowest BCUT2D eigenvalue weighted by atomic mass is 10.4. The first-order valence-electron chi connectivity index (χ1n) is 3.09. The van der Waals surface area contributed by atoms with E-state index in [1.54, 1.807) is 0 Å². The van der Waals surface area contributed by atoms with E-state index in [1.165, 1.54) is 6.92 Å². The quantitative estimate of drug-likeness (QED) is 0.520. The van der Waals surface area contributed by atoms with Crippen LogP contribution in [0.5, 0.6) is 0 Å². The molecule has 13 heavy (non-hydrogen) atoms. The van der Waals surface area contributed by atoms with E-state index in [2.05, 4.69) is 9.97 Å². The van der Waals surface area contributed by atoms with Gasteiger partial charge < -0.3 is 0 Å². The molecule has 0 atom stereocenters. The summed E-state index contributed by atoms with van der Waals surface area (Å²) in [5.41, 5.74) is -0.200. The lowest BCUT2D eigenvalue weighted by molar-refractivity contribution is 0.461. The van der Waals surface area contributed by atoms with Gasteiger partial charge in [-0.3, -0.25) is 0 Å². The molecule has 0 amide bonds. The van der Waals surface area contributed by atoms with Gasteiger partial charge in [-0.15, -0.1) is 0 Å². The molecule has 2 nitrogen and oxygen atoms in total. The molecular weight excluding hydrogens is 244 g/mol. The van der Waals surface area contributed by atoms with Gasteiger partial charge in [0.25, 0.3) is 5.95 Å². The van der Waals surface area contributed by atoms with Crippen molar-refractivity contribution < 1.29 is 8.78 Å². The molecule has 1 heterocycles. The number of halogens is 5. The third-order valence-electron chi connectivity index (χ3n) is 1.23. The molecule has 0 aromatic carbocycles. The molecule has 0 unspecified atom stereocenters. The van der Waals surface area contributed by atoms with Crippen LogP contribution in [0, 0.1) is 18.7 Å². The minimum absolute atomic E-state index is 0.200. The standard InChI is InChI=1S/C6H3Cl3F2N2/c1-2-3(10)4(11)13-5(12-2)6(7,8)9/h1H3. The zero-order chi connectivity index (χ0) is 10.2. The molecule has 1 rings (SSSR count). The zero-order valence-electron chi connectivity index (χ0n) is 6.28. The van der Waals surface area contributed by atoms with Gasteiger partial charge in [-0.1, -0.05) is 34.8 Å². The van der Waals surface area contributed by atoms with E-state index in [9.17, 15) is 8.78 Å². The minimum Gasteiger partial charge on any atom is -0.231 e. The van der Waals surface area contributed by atoms with Gasteiger partial charge in [0.1, 0.15) is 0 Å². The van der Waals surface area contributed by atoms with Crippen molar-refractivity contribution in [2.24, 2.45) is 0 Å². The van der Waals surface area contributed by atoms with Gasteiger partial charge in [0.05, 0.1) is 5.69 Å². The molecule has 72 valence electrons. The maximum atomic E-state index is 12.7. The zero-order valence-corrected chi connectivity index (χ0v) is 8.55. The largest absolute Gasteiger partial charge is 0.252 e. The van der Waals surface area contributed by atoms with Crippen LogP contribution in [0.3, 0.4) is 0 Å². The number of hydrogen-bond donors (Lipinski definition) is 0. The molecule has 7 heteroatoms. The van der Waals surface area contributed by atoms with Gasteiger partial charge in [-0.2, -0.15) is 13.8 Å². The van der Waals surface area contributed by atoms with Gasteiger partial charge in [0, 0.05) is 0 Å². The Balaban J connectivity index is 3.29. The highest BCUT2D eigenvalue weighted by Crippen LogP contribution is 2.35. The van der Waals surface area contributed by atoms with E-state index in [0.29, 0.717) is 0 Å². The van der Waals surface area contributed by atoms with Crippen LogP contribution < -0.4 is 0 Å². The summed E-state index contributed by atoms with van der Waals surface area (Å²) in [7, 11) is 0. The van der Waals surface area contributed by atoms with Crippen LogP contribution in [0.1, 0.15) is 11.5 Å². The number of hydrogen-bond acceptors (Lipinski definition) is 2. The molecule has 0 saturated heterocycles. The number of aromatic nitrogens is 2. The molecule has 0 N–H and O–H groups in total. The van der Waals surface area contributed by atoms with Gasteiger partial charge in [0.2, 0.25) is 3.79 Å². The normalized spacial score (nSPS) is 11.8. The summed E-state index contributed by atoms with van der Waals surface area (Å²) in [6.07, 6.45) is 0. The van der Waals surface area contributed by atoms with Crippen molar-refractivity contribution in [3.63, 3.8) is 0 Å². The summed E-state index contributed by atoms with van der Waals surface area (Å²) in [6.45, 7) is 1.25. The van der Waals surface area contributed by atoms with Crippen molar-refractivity contribution in [2.75, 3.05) is 0 Å². The number of nitrogens with zero attached hydrogens (tertiary/aromatic N) is 2. The summed E-state index contributed by atoms with van der Waals surface area (Å²) >= 11 is 16.1. The van der Waals surface area contributed by atoms with Crippen LogP contribution in [-0.2, 0) is 3.79 Å². The average Bonchev–Trinajstić information content (AvgIpc) is 1.97. The first-order valence-corrected chi connectivity index (χ1v) is 4.22. The molecular formula is C6H3Cl3F2N2. The molecule has 0 radical (unpaired) electrons. The van der Waals surface area contributed by atoms with Crippen LogP contribution in [0.4, 0.5) is 8.78 Å². The summed E-state index contributed by atoms with van der Waals surface area (Å²) in [6, 6.07) is 0. The Morgan fingerprint density at radius 3 is 2.08 bits per heavy atom. The summed E-state index contributed by atoms with van der Waals surface area (Å²) < 4.78 is 23.4. The van der Waals surface area contributed by atoms with Crippen LogP contribution in [0.15, 0.2) is 0 Å². The Morgan fingerprint density at radius 2 is 1.69 bits per heavy atom. The summed E-state index contributed by atoms with van der Waals surface area (Å²) in [4.78, 5) is 6.54. The lowest BCUT2D eigenvalue weighted by Crippen LogP contribution is -2.11. The van der Waals surface area contributed by atoms with Gasteiger partial charge in [-0.25, -0.2) is 4.98 Å². The average molecular weight is 247 g/mol. The number of aryl methyl sites for hydroxylation is 1. The summed E-state index contributed by atoms with van der Waals surface area (Å²) in [5, 5.41) is 0. The second-order valence-corrected chi connectivity index (χ2v) is 4.52. The van der Waals surface area contributed by atoms with Gasteiger partial charge in [0.15, 0.2) is 11.6 Å². The van der Waals surface area contributed by atoms with E-state index in [0.717, 1.165) is 0 Å². The second kappa shape index (κ2) is 3.52. The van der Waals surface area contributed by atoms with Crippen molar-refractivity contribution >= 4 is 34.8 Å². The smallest absolute Gasteiger partial charge is 0.231 e. The fraction of sp³-hybridized carbons (Fsp3) is 0.333. The minimum atomic E-state index is -1.95. The highest BCUT2D eigenvalue weighted by molar-refractivity contribution is 6.66. The van der Waals surface area contributed by atoms with Gasteiger partial charge in [-0.05, 0) is 6.92 Å². The fourth-order valence-corrected chi connectivity index (χ4v) is 0.905. The highest BCUT2D eigenvalue weighted by atomic mass is 35.6. The van der Waals surface area contributed by atoms with Crippen LogP contribution in [0.25, 0.3) is 0 Å². The third-order valence-corrected chi connectivity index (χ3v) is 1.74. The molecule has 0 saturated carbocycles. The molecule has 0 bridgehead atoms. The maximum Gasteiger partial charge on any atom is 0.252 e. The predicted octanol–water partition coefficient (Wildman–Crippen LogP) is 2.89. The molecule has 1 aromatic rings. The monoisotopic (exact) mass is 246 g/mol. The van der Waals surface area contributed by atoms with Gasteiger partial charge >= 0.3 is 0 Å². The van der Waals surface area contributed by atoms with Crippen LogP contribution >= 0.6 is 34.8 Å². The van der Waals surface area contributed by atoms with E-state index < -0.39 is 15.6 Å². The second-order valence-electron chi connectivity index (χ2n) is 2.24. The van der Waals surface area contributed by atoms with Crippen molar-refractivity contribution in [3.8, 4) is 0 Å². The van der Waals surface area contributed by atoms with Crippen molar-refractivity contribution in [1.29, 1.82) is 0 Å².